The summed E-state index contributed by atoms with van der Waals surface area (Å²) >= 11 is 0. The van der Waals surface area contributed by atoms with Crippen molar-refractivity contribution >= 4 is 11.6 Å². The highest BCUT2D eigenvalue weighted by atomic mass is 19.3. The molecule has 0 aliphatic carbocycles. The van der Waals surface area contributed by atoms with Gasteiger partial charge in [0.15, 0.2) is 0 Å². The first-order valence-electron chi connectivity index (χ1n) is 6.61. The Bertz CT molecular complexity index is 468. The van der Waals surface area contributed by atoms with E-state index in [0.717, 1.165) is 13.0 Å². The standard InChI is InChI=1S/C14H18F2N2O2/c1-9-6-10(8-17-7-9)13(19)18-11-4-2-3-5-12(11)20-14(15)16/h2-5,9-10,14,17H,6-8H2,1H3,(H,18,19). The predicted octanol–water partition coefficient (Wildman–Crippen LogP) is 2.47. The number of ether oxygens (including phenoxy) is 1. The molecule has 0 radical (unpaired) electrons. The number of hydrogen-bond donors (Lipinski definition) is 2. The molecule has 1 heterocycles. The molecule has 20 heavy (non-hydrogen) atoms. The van der Waals surface area contributed by atoms with Crippen molar-refractivity contribution in [3.05, 3.63) is 24.3 Å². The molecule has 0 bridgehead atoms. The summed E-state index contributed by atoms with van der Waals surface area (Å²) in [6, 6.07) is 6.20. The number of anilines is 1. The van der Waals surface area contributed by atoms with Gasteiger partial charge in [0.2, 0.25) is 5.91 Å². The van der Waals surface area contributed by atoms with E-state index >= 15 is 0 Å². The first kappa shape index (κ1) is 14.7. The van der Waals surface area contributed by atoms with Crippen molar-refractivity contribution < 1.29 is 18.3 Å². The average Bonchev–Trinajstić information content (AvgIpc) is 2.40. The second kappa shape index (κ2) is 6.65. The fourth-order valence-corrected chi connectivity index (χ4v) is 2.36. The van der Waals surface area contributed by atoms with Gasteiger partial charge in [-0.1, -0.05) is 19.1 Å². The van der Waals surface area contributed by atoms with Crippen LogP contribution in [0.4, 0.5) is 14.5 Å². The summed E-state index contributed by atoms with van der Waals surface area (Å²) in [5, 5.41) is 5.85. The SMILES string of the molecule is CC1CNCC(C(=O)Nc2ccccc2OC(F)F)C1. The summed E-state index contributed by atoms with van der Waals surface area (Å²) in [5.74, 6) is 0.0763. The fraction of sp³-hybridized carbons (Fsp3) is 0.500. The van der Waals surface area contributed by atoms with Gasteiger partial charge in [-0.25, -0.2) is 0 Å². The van der Waals surface area contributed by atoms with Crippen molar-refractivity contribution in [3.8, 4) is 5.75 Å². The zero-order valence-corrected chi connectivity index (χ0v) is 11.2. The van der Waals surface area contributed by atoms with Crippen LogP contribution in [0, 0.1) is 11.8 Å². The van der Waals surface area contributed by atoms with E-state index in [1.54, 1.807) is 18.2 Å². The largest absolute Gasteiger partial charge is 0.433 e. The van der Waals surface area contributed by atoms with Crippen LogP contribution < -0.4 is 15.4 Å². The predicted molar refractivity (Wildman–Crippen MR) is 71.8 cm³/mol. The Morgan fingerprint density at radius 1 is 1.40 bits per heavy atom. The van der Waals surface area contributed by atoms with Crippen LogP contribution in [0.15, 0.2) is 24.3 Å². The van der Waals surface area contributed by atoms with Crippen LogP contribution in [0.25, 0.3) is 0 Å². The van der Waals surface area contributed by atoms with E-state index in [2.05, 4.69) is 22.3 Å². The zero-order chi connectivity index (χ0) is 14.5. The molecule has 0 saturated carbocycles. The summed E-state index contributed by atoms with van der Waals surface area (Å²) in [6.07, 6.45) is 0.788. The van der Waals surface area contributed by atoms with E-state index in [1.165, 1.54) is 6.07 Å². The Kier molecular flexibility index (Phi) is 4.89. The number of alkyl halides is 2. The second-order valence-electron chi connectivity index (χ2n) is 5.06. The van der Waals surface area contributed by atoms with E-state index in [9.17, 15) is 13.6 Å². The second-order valence-corrected chi connectivity index (χ2v) is 5.06. The number of para-hydroxylation sites is 2. The molecule has 0 aromatic heterocycles. The van der Waals surface area contributed by atoms with Gasteiger partial charge in [0, 0.05) is 6.54 Å². The molecule has 2 rings (SSSR count). The minimum absolute atomic E-state index is 0.0207. The summed E-state index contributed by atoms with van der Waals surface area (Å²) in [6.45, 7) is 0.660. The fourth-order valence-electron chi connectivity index (χ4n) is 2.36. The van der Waals surface area contributed by atoms with Crippen molar-refractivity contribution in [2.45, 2.75) is 20.0 Å². The van der Waals surface area contributed by atoms with Gasteiger partial charge in [-0.15, -0.1) is 0 Å². The topological polar surface area (TPSA) is 50.4 Å². The Balaban J connectivity index is 2.03. The molecule has 0 spiro atoms. The molecule has 1 aliphatic rings. The average molecular weight is 284 g/mol. The normalized spacial score (nSPS) is 22.6. The van der Waals surface area contributed by atoms with E-state index < -0.39 is 6.61 Å². The van der Waals surface area contributed by atoms with Crippen LogP contribution in [0.1, 0.15) is 13.3 Å². The highest BCUT2D eigenvalue weighted by Crippen LogP contribution is 2.27. The number of amides is 1. The van der Waals surface area contributed by atoms with Crippen LogP contribution in [-0.4, -0.2) is 25.6 Å². The van der Waals surface area contributed by atoms with Gasteiger partial charge in [-0.3, -0.25) is 4.79 Å². The quantitative estimate of drug-likeness (QED) is 0.893. The van der Waals surface area contributed by atoms with Crippen LogP contribution >= 0.6 is 0 Å². The van der Waals surface area contributed by atoms with Gasteiger partial charge in [-0.05, 0) is 31.0 Å². The molecule has 6 heteroatoms. The van der Waals surface area contributed by atoms with Crippen molar-refractivity contribution in [3.63, 3.8) is 0 Å². The Morgan fingerprint density at radius 3 is 2.85 bits per heavy atom. The van der Waals surface area contributed by atoms with Gasteiger partial charge < -0.3 is 15.4 Å². The summed E-state index contributed by atoms with van der Waals surface area (Å²) in [5.41, 5.74) is 0.274. The lowest BCUT2D eigenvalue weighted by molar-refractivity contribution is -0.120. The third-order valence-electron chi connectivity index (χ3n) is 3.30. The lowest BCUT2D eigenvalue weighted by Gasteiger charge is -2.27. The number of hydrogen-bond acceptors (Lipinski definition) is 3. The minimum Gasteiger partial charge on any atom is -0.433 e. The smallest absolute Gasteiger partial charge is 0.387 e. The van der Waals surface area contributed by atoms with E-state index in [-0.39, 0.29) is 23.3 Å². The highest BCUT2D eigenvalue weighted by Gasteiger charge is 2.25. The molecule has 1 aromatic rings. The zero-order valence-electron chi connectivity index (χ0n) is 11.2. The highest BCUT2D eigenvalue weighted by molar-refractivity contribution is 5.94. The molecule has 1 saturated heterocycles. The summed E-state index contributed by atoms with van der Waals surface area (Å²) in [4.78, 5) is 12.2. The number of rotatable bonds is 4. The van der Waals surface area contributed by atoms with Crippen molar-refractivity contribution in [1.29, 1.82) is 0 Å². The molecule has 1 aromatic carbocycles. The van der Waals surface area contributed by atoms with Gasteiger partial charge in [0.25, 0.3) is 0 Å². The molecule has 2 unspecified atom stereocenters. The Hall–Kier alpha value is -1.69. The maximum Gasteiger partial charge on any atom is 0.387 e. The molecule has 2 N–H and O–H groups in total. The van der Waals surface area contributed by atoms with Gasteiger partial charge in [-0.2, -0.15) is 8.78 Å². The maximum absolute atomic E-state index is 12.3. The number of piperidine rings is 1. The van der Waals surface area contributed by atoms with Crippen LogP contribution in [0.5, 0.6) is 5.75 Å². The van der Waals surface area contributed by atoms with Gasteiger partial charge in [0.1, 0.15) is 5.75 Å². The maximum atomic E-state index is 12.3. The molecular formula is C14H18F2N2O2. The van der Waals surface area contributed by atoms with E-state index in [4.69, 9.17) is 0 Å². The van der Waals surface area contributed by atoms with Gasteiger partial charge in [0.05, 0.1) is 11.6 Å². The molecular weight excluding hydrogens is 266 g/mol. The molecule has 4 nitrogen and oxygen atoms in total. The number of carbonyl (C=O) groups is 1. The van der Waals surface area contributed by atoms with Crippen LogP contribution in [0.3, 0.4) is 0 Å². The van der Waals surface area contributed by atoms with Gasteiger partial charge >= 0.3 is 6.61 Å². The lowest BCUT2D eigenvalue weighted by Crippen LogP contribution is -2.40. The Labute approximate surface area is 116 Å². The van der Waals surface area contributed by atoms with Crippen molar-refractivity contribution in [2.75, 3.05) is 18.4 Å². The molecule has 1 amide bonds. The van der Waals surface area contributed by atoms with E-state index in [0.29, 0.717) is 12.5 Å². The first-order valence-corrected chi connectivity index (χ1v) is 6.61. The van der Waals surface area contributed by atoms with Crippen molar-refractivity contribution in [2.24, 2.45) is 11.8 Å². The third kappa shape index (κ3) is 3.90. The third-order valence-corrected chi connectivity index (χ3v) is 3.30. The van der Waals surface area contributed by atoms with Crippen LogP contribution in [0.2, 0.25) is 0 Å². The summed E-state index contributed by atoms with van der Waals surface area (Å²) in [7, 11) is 0. The minimum atomic E-state index is -2.91. The number of nitrogens with one attached hydrogen (secondary N) is 2. The molecule has 110 valence electrons. The number of carbonyl (C=O) groups excluding carboxylic acids is 1. The van der Waals surface area contributed by atoms with Crippen molar-refractivity contribution in [1.82, 2.24) is 5.32 Å². The number of benzene rings is 1. The molecule has 2 atom stereocenters. The van der Waals surface area contributed by atoms with Crippen LogP contribution in [-0.2, 0) is 4.79 Å². The molecule has 1 fully saturated rings. The first-order chi connectivity index (χ1) is 9.56. The molecule has 1 aliphatic heterocycles. The Morgan fingerprint density at radius 2 is 2.15 bits per heavy atom. The monoisotopic (exact) mass is 284 g/mol. The van der Waals surface area contributed by atoms with E-state index in [1.807, 2.05) is 0 Å². The summed E-state index contributed by atoms with van der Waals surface area (Å²) < 4.78 is 29.0. The lowest BCUT2D eigenvalue weighted by atomic mass is 9.91. The number of halogens is 2.